The monoisotopic (exact) mass is 326 g/mol. The van der Waals surface area contributed by atoms with Gasteiger partial charge in [0.1, 0.15) is 0 Å². The van der Waals surface area contributed by atoms with Crippen LogP contribution in [0.4, 0.5) is 0 Å². The minimum atomic E-state index is 0.286. The number of hydrogen-bond acceptors (Lipinski definition) is 11. The second-order valence-electron chi connectivity index (χ2n) is 2.16. The summed E-state index contributed by atoms with van der Waals surface area (Å²) in [5.74, 6) is 0. The molecular formula is C5H2N4OS6. The molecule has 16 heavy (non-hydrogen) atoms. The molecule has 2 aromatic heterocycles. The van der Waals surface area contributed by atoms with E-state index in [0.29, 0.717) is 18.2 Å². The van der Waals surface area contributed by atoms with Gasteiger partial charge in [0, 0.05) is 0 Å². The summed E-state index contributed by atoms with van der Waals surface area (Å²) < 4.78 is 7.32. The Kier molecular flexibility index (Phi) is 4.38. The van der Waals surface area contributed by atoms with Gasteiger partial charge in [-0.2, -0.15) is 0 Å². The van der Waals surface area contributed by atoms with Gasteiger partial charge in [-0.05, 0) is 35.3 Å². The fourth-order valence-corrected chi connectivity index (χ4v) is 3.74. The summed E-state index contributed by atoms with van der Waals surface area (Å²) in [6.07, 6.45) is 0. The van der Waals surface area contributed by atoms with Gasteiger partial charge >= 0.3 is 5.19 Å². The number of aromatic nitrogens is 4. The van der Waals surface area contributed by atoms with Crippen molar-refractivity contribution in [3.63, 3.8) is 0 Å². The second kappa shape index (κ2) is 5.60. The third kappa shape index (κ3) is 3.53. The van der Waals surface area contributed by atoms with E-state index in [9.17, 15) is 0 Å². The first-order chi connectivity index (χ1) is 7.63. The molecule has 0 saturated carbocycles. The highest BCUT2D eigenvalue weighted by Gasteiger charge is 2.10. The van der Waals surface area contributed by atoms with Gasteiger partial charge in [-0.1, -0.05) is 16.4 Å². The lowest BCUT2D eigenvalue weighted by Gasteiger charge is -1.97. The van der Waals surface area contributed by atoms with Crippen molar-refractivity contribution in [2.45, 2.75) is 13.0 Å². The maximum atomic E-state index is 5.25. The van der Waals surface area contributed by atoms with Crippen LogP contribution in [0, 0.1) is 0 Å². The van der Waals surface area contributed by atoms with Crippen LogP contribution in [-0.2, 0) is 0 Å². The summed E-state index contributed by atoms with van der Waals surface area (Å²) in [6, 6.07) is 0. The normalized spacial score (nSPS) is 10.4. The summed E-state index contributed by atoms with van der Waals surface area (Å²) >= 11 is 16.8. The van der Waals surface area contributed by atoms with Crippen molar-refractivity contribution in [2.24, 2.45) is 0 Å². The molecule has 11 heteroatoms. The van der Waals surface area contributed by atoms with Crippen molar-refractivity contribution in [1.29, 1.82) is 0 Å². The molecule has 0 atom stereocenters. The highest BCUT2D eigenvalue weighted by Crippen LogP contribution is 2.28. The lowest BCUT2D eigenvalue weighted by atomic mass is 11.4. The number of thiol groups is 2. The topological polar surface area (TPSA) is 60.8 Å². The van der Waals surface area contributed by atoms with E-state index in [1.807, 2.05) is 0 Å². The molecule has 0 aliphatic heterocycles. The summed E-state index contributed by atoms with van der Waals surface area (Å²) in [4.78, 5) is 0. The smallest absolute Gasteiger partial charge is 0.301 e. The zero-order valence-electron chi connectivity index (χ0n) is 7.22. The Labute approximate surface area is 119 Å². The van der Waals surface area contributed by atoms with Gasteiger partial charge in [0.2, 0.25) is 4.38 Å². The number of thioether (sulfide) groups is 1. The van der Waals surface area contributed by atoms with E-state index in [2.05, 4.69) is 45.7 Å². The van der Waals surface area contributed by atoms with E-state index in [-0.39, 0.29) is 4.38 Å². The molecule has 0 aliphatic rings. The zero-order valence-corrected chi connectivity index (χ0v) is 12.3. The summed E-state index contributed by atoms with van der Waals surface area (Å²) in [6.45, 7) is 0. The van der Waals surface area contributed by atoms with E-state index < -0.39 is 0 Å². The zero-order chi connectivity index (χ0) is 11.5. The quantitative estimate of drug-likeness (QED) is 0.499. The maximum Gasteiger partial charge on any atom is 0.301 e. The Morgan fingerprint density at radius 1 is 1.12 bits per heavy atom. The largest absolute Gasteiger partial charge is 0.411 e. The van der Waals surface area contributed by atoms with Crippen LogP contribution in [0.1, 0.15) is 0 Å². The molecule has 2 rings (SSSR count). The molecular weight excluding hydrogens is 324 g/mol. The van der Waals surface area contributed by atoms with Gasteiger partial charge in [0.15, 0.2) is 13.0 Å². The van der Waals surface area contributed by atoms with Crippen LogP contribution in [0.5, 0.6) is 5.19 Å². The van der Waals surface area contributed by atoms with E-state index >= 15 is 0 Å². The van der Waals surface area contributed by atoms with Gasteiger partial charge in [0.25, 0.3) is 0 Å². The molecule has 0 N–H and O–H groups in total. The van der Waals surface area contributed by atoms with Crippen LogP contribution in [0.2, 0.25) is 0 Å². The number of nitrogens with zero attached hydrogens (tertiary/aromatic N) is 4. The molecule has 0 amide bonds. The van der Waals surface area contributed by atoms with Crippen molar-refractivity contribution < 1.29 is 4.74 Å². The van der Waals surface area contributed by atoms with Crippen molar-refractivity contribution >= 4 is 76.3 Å². The average molecular weight is 327 g/mol. The summed E-state index contributed by atoms with van der Waals surface area (Å²) in [7, 11) is 0. The molecule has 0 fully saturated rings. The molecule has 0 bridgehead atoms. The van der Waals surface area contributed by atoms with Crippen LogP contribution < -0.4 is 4.74 Å². The molecule has 2 heterocycles. The predicted octanol–water partition coefficient (Wildman–Crippen LogP) is 2.42. The van der Waals surface area contributed by atoms with E-state index in [4.69, 9.17) is 17.0 Å². The van der Waals surface area contributed by atoms with Crippen LogP contribution in [0.15, 0.2) is 13.0 Å². The SMILES string of the molecule is S=C(Oc1nnc(S)s1)Sc1nnc(S)s1. The lowest BCUT2D eigenvalue weighted by Crippen LogP contribution is -1.99. The van der Waals surface area contributed by atoms with E-state index in [0.717, 1.165) is 0 Å². The Balaban J connectivity index is 1.94. The van der Waals surface area contributed by atoms with Gasteiger partial charge < -0.3 is 4.74 Å². The van der Waals surface area contributed by atoms with Gasteiger partial charge in [0.05, 0.1) is 0 Å². The Morgan fingerprint density at radius 2 is 1.81 bits per heavy atom. The first kappa shape index (κ1) is 12.5. The molecule has 0 radical (unpaired) electrons. The molecule has 0 saturated heterocycles. The first-order valence-corrected chi connectivity index (χ1v) is 7.33. The molecule has 5 nitrogen and oxygen atoms in total. The van der Waals surface area contributed by atoms with Crippen LogP contribution in [0.25, 0.3) is 0 Å². The Bertz CT molecular complexity index is 464. The molecule has 0 aliphatic carbocycles. The predicted molar refractivity (Wildman–Crippen MR) is 73.4 cm³/mol. The standard InChI is InChI=1S/C5H2N4OS6/c11-2-7-6-1(14-2)10-5(13)16-4-9-8-3(12)15-4/h(H,7,11)(H,8,12). The van der Waals surface area contributed by atoms with Crippen molar-refractivity contribution in [2.75, 3.05) is 0 Å². The van der Waals surface area contributed by atoms with Crippen LogP contribution in [0.3, 0.4) is 0 Å². The van der Waals surface area contributed by atoms with Gasteiger partial charge in [-0.3, -0.25) is 0 Å². The van der Waals surface area contributed by atoms with Crippen LogP contribution in [-0.4, -0.2) is 24.8 Å². The summed E-state index contributed by atoms with van der Waals surface area (Å²) in [5, 5.41) is 15.3. The van der Waals surface area contributed by atoms with Crippen molar-refractivity contribution in [1.82, 2.24) is 20.4 Å². The number of hydrogen-bond donors (Lipinski definition) is 2. The number of thiocarbonyl (C=S) groups is 1. The first-order valence-electron chi connectivity index (χ1n) is 3.58. The molecule has 0 aromatic carbocycles. The summed E-state index contributed by atoms with van der Waals surface area (Å²) in [5.41, 5.74) is 0. The van der Waals surface area contributed by atoms with E-state index in [1.165, 1.54) is 34.4 Å². The third-order valence-electron chi connectivity index (χ3n) is 1.13. The third-order valence-corrected chi connectivity index (χ3v) is 4.32. The molecule has 84 valence electrons. The van der Waals surface area contributed by atoms with Gasteiger partial charge in [-0.25, -0.2) is 0 Å². The molecule has 0 unspecified atom stereocenters. The van der Waals surface area contributed by atoms with Crippen molar-refractivity contribution in [3.8, 4) is 5.19 Å². The van der Waals surface area contributed by atoms with Crippen LogP contribution >= 0.6 is 71.9 Å². The van der Waals surface area contributed by atoms with Gasteiger partial charge in [-0.15, -0.1) is 40.6 Å². The maximum absolute atomic E-state index is 5.25. The minimum Gasteiger partial charge on any atom is -0.411 e. The average Bonchev–Trinajstić information content (AvgIpc) is 2.76. The lowest BCUT2D eigenvalue weighted by molar-refractivity contribution is 0.564. The fraction of sp³-hybridized carbons (Fsp3) is 0. The highest BCUT2D eigenvalue weighted by molar-refractivity contribution is 8.23. The number of ether oxygens (including phenoxy) is 1. The van der Waals surface area contributed by atoms with Crippen molar-refractivity contribution in [3.05, 3.63) is 0 Å². The Hall–Kier alpha value is 0.0600. The highest BCUT2D eigenvalue weighted by atomic mass is 32.2. The fourth-order valence-electron chi connectivity index (χ4n) is 0.651. The molecule has 2 aromatic rings. The molecule has 0 spiro atoms. The minimum absolute atomic E-state index is 0.286. The second-order valence-corrected chi connectivity index (χ2v) is 7.37. The number of rotatable bonds is 2. The van der Waals surface area contributed by atoms with E-state index in [1.54, 1.807) is 0 Å². The Morgan fingerprint density at radius 3 is 2.38 bits per heavy atom.